The van der Waals surface area contributed by atoms with Crippen LogP contribution in [0.2, 0.25) is 0 Å². The van der Waals surface area contributed by atoms with Gasteiger partial charge < -0.3 is 0 Å². The quantitative estimate of drug-likeness (QED) is 0.415. The Kier molecular flexibility index (Phi) is 12.3. The van der Waals surface area contributed by atoms with E-state index in [0.717, 1.165) is 0 Å². The Bertz CT molecular complexity index is 105. The van der Waals surface area contributed by atoms with Crippen molar-refractivity contribution in [2.45, 2.75) is 25.1 Å². The number of hydrogen-bond acceptors (Lipinski definition) is 0. The van der Waals surface area contributed by atoms with Gasteiger partial charge in [-0.05, 0) is 6.92 Å². The van der Waals surface area contributed by atoms with Crippen molar-refractivity contribution in [3.63, 3.8) is 0 Å². The second-order valence-electron chi connectivity index (χ2n) is 1.80. The molecule has 60 valence electrons. The summed E-state index contributed by atoms with van der Waals surface area (Å²) in [6.07, 6.45) is 0. The van der Waals surface area contributed by atoms with E-state index in [9.17, 15) is 0 Å². The monoisotopic (exact) mass is 200 g/mol. The summed E-state index contributed by atoms with van der Waals surface area (Å²) in [5.41, 5.74) is 0. The van der Waals surface area contributed by atoms with Gasteiger partial charge in [0.1, 0.15) is 0 Å². The summed E-state index contributed by atoms with van der Waals surface area (Å²) in [6, 6.07) is 0. The van der Waals surface area contributed by atoms with E-state index in [2.05, 4.69) is 25.7 Å². The first kappa shape index (κ1) is 13.1. The van der Waals surface area contributed by atoms with Crippen LogP contribution in [-0.4, -0.2) is 4.30 Å². The van der Waals surface area contributed by atoms with Gasteiger partial charge in [-0.15, -0.1) is 11.8 Å². The molecule has 0 saturated heterocycles. The van der Waals surface area contributed by atoms with Crippen molar-refractivity contribution >= 4 is 34.8 Å². The molecule has 0 atom stereocenters. The molecule has 0 aliphatic rings. The van der Waals surface area contributed by atoms with Gasteiger partial charge in [-0.1, -0.05) is 48.7 Å². The Morgan fingerprint density at radius 1 is 1.10 bits per heavy atom. The maximum atomic E-state index is 4.81. The molecule has 0 bridgehead atoms. The predicted octanol–water partition coefficient (Wildman–Crippen LogP) is 3.65. The maximum absolute atomic E-state index is 4.81. The topological polar surface area (TPSA) is 0 Å². The van der Waals surface area contributed by atoms with Gasteiger partial charge in [0.25, 0.3) is 0 Å². The molecule has 0 heterocycles. The van der Waals surface area contributed by atoms with Crippen LogP contribution >= 0.6 is 34.8 Å². The lowest BCUT2D eigenvalue weighted by Gasteiger charge is -1.82. The summed E-state index contributed by atoms with van der Waals surface area (Å²) < 4.78 is -0.750. The molecule has 0 aliphatic carbocycles. The van der Waals surface area contributed by atoms with Crippen LogP contribution in [0.1, 0.15) is 20.8 Å². The van der Waals surface area contributed by atoms with Crippen LogP contribution in [0.5, 0.6) is 0 Å². The van der Waals surface area contributed by atoms with Crippen LogP contribution < -0.4 is 0 Å². The van der Waals surface area contributed by atoms with Crippen LogP contribution in [-0.2, 0) is 0 Å². The van der Waals surface area contributed by atoms with Gasteiger partial charge in [0.05, 0.1) is 0 Å². The average Bonchev–Trinajstić information content (AvgIpc) is 1.62. The summed E-state index contributed by atoms with van der Waals surface area (Å²) in [6.45, 7) is 6.02. The van der Waals surface area contributed by atoms with Crippen molar-refractivity contribution in [3.8, 4) is 11.8 Å². The molecule has 3 heteroatoms. The predicted molar refractivity (Wildman–Crippen MR) is 49.6 cm³/mol. The smallest absolute Gasteiger partial charge is 0.106 e. The normalized spacial score (nSPS) is 8.00. The van der Waals surface area contributed by atoms with E-state index in [1.165, 1.54) is 0 Å². The molecule has 0 radical (unpaired) electrons. The molecular formula is C7H11Cl3. The molecule has 0 aromatic rings. The van der Waals surface area contributed by atoms with E-state index in [1.807, 2.05) is 6.92 Å². The summed E-state index contributed by atoms with van der Waals surface area (Å²) in [5.74, 6) is 6.31. The van der Waals surface area contributed by atoms with Crippen molar-refractivity contribution in [2.24, 2.45) is 5.92 Å². The largest absolute Gasteiger partial charge is 0.180 e. The molecule has 0 fully saturated rings. The third-order valence-corrected chi connectivity index (χ3v) is 0.433. The highest BCUT2D eigenvalue weighted by atomic mass is 35.6. The molecule has 0 unspecified atom stereocenters. The minimum atomic E-state index is -0.750. The van der Waals surface area contributed by atoms with Crippen molar-refractivity contribution in [2.75, 3.05) is 0 Å². The van der Waals surface area contributed by atoms with Crippen molar-refractivity contribution in [1.29, 1.82) is 0 Å². The first-order chi connectivity index (χ1) is 4.50. The minimum Gasteiger partial charge on any atom is -0.106 e. The Morgan fingerprint density at radius 2 is 1.40 bits per heavy atom. The molecule has 0 amide bonds. The van der Waals surface area contributed by atoms with Gasteiger partial charge in [0.2, 0.25) is 0 Å². The number of rotatable bonds is 0. The molecular weight excluding hydrogens is 190 g/mol. The van der Waals surface area contributed by atoms with Crippen LogP contribution in [0.25, 0.3) is 0 Å². The Labute approximate surface area is 77.8 Å². The second-order valence-corrected chi connectivity index (χ2v) is 3.78. The third-order valence-electron chi connectivity index (χ3n) is 0.433. The van der Waals surface area contributed by atoms with Gasteiger partial charge in [0.15, 0.2) is 4.30 Å². The van der Waals surface area contributed by atoms with Crippen LogP contribution in [0, 0.1) is 17.8 Å². The summed E-state index contributed by atoms with van der Waals surface area (Å²) >= 11 is 14.4. The molecule has 0 rings (SSSR count). The lowest BCUT2D eigenvalue weighted by molar-refractivity contribution is 0.866. The highest BCUT2D eigenvalue weighted by molar-refractivity contribution is 6.63. The van der Waals surface area contributed by atoms with Crippen molar-refractivity contribution in [3.05, 3.63) is 0 Å². The summed E-state index contributed by atoms with van der Waals surface area (Å²) in [4.78, 5) is 0. The Morgan fingerprint density at radius 3 is 1.40 bits per heavy atom. The van der Waals surface area contributed by atoms with Crippen LogP contribution in [0.4, 0.5) is 0 Å². The SMILES string of the molecule is CC#CC(C)C.ClC(Cl)Cl. The fraction of sp³-hybridized carbons (Fsp3) is 0.714. The highest BCUT2D eigenvalue weighted by Crippen LogP contribution is 2.03. The fourth-order valence-electron chi connectivity index (χ4n) is 0.289. The van der Waals surface area contributed by atoms with E-state index >= 15 is 0 Å². The van der Waals surface area contributed by atoms with Crippen molar-refractivity contribution in [1.82, 2.24) is 0 Å². The molecule has 10 heavy (non-hydrogen) atoms. The first-order valence-corrected chi connectivity index (χ1v) is 4.16. The molecule has 0 saturated carbocycles. The van der Waals surface area contributed by atoms with E-state index in [-0.39, 0.29) is 0 Å². The molecule has 0 aromatic heterocycles. The molecule has 0 aliphatic heterocycles. The van der Waals surface area contributed by atoms with Gasteiger partial charge in [0, 0.05) is 5.92 Å². The summed E-state index contributed by atoms with van der Waals surface area (Å²) in [5, 5.41) is 0. The Hall–Kier alpha value is 0.430. The van der Waals surface area contributed by atoms with Gasteiger partial charge in [-0.3, -0.25) is 0 Å². The third kappa shape index (κ3) is 39.6. The number of hydrogen-bond donors (Lipinski definition) is 0. The lowest BCUT2D eigenvalue weighted by Crippen LogP contribution is -1.74. The maximum Gasteiger partial charge on any atom is 0.180 e. The minimum absolute atomic E-state index is 0.537. The molecule has 0 spiro atoms. The van der Waals surface area contributed by atoms with Crippen molar-refractivity contribution < 1.29 is 0 Å². The number of alkyl halides is 3. The second kappa shape index (κ2) is 9.43. The van der Waals surface area contributed by atoms with E-state index < -0.39 is 4.30 Å². The molecule has 0 aromatic carbocycles. The first-order valence-electron chi connectivity index (χ1n) is 2.85. The lowest BCUT2D eigenvalue weighted by atomic mass is 10.2. The fourth-order valence-corrected chi connectivity index (χ4v) is 0.289. The zero-order chi connectivity index (χ0) is 8.57. The van der Waals surface area contributed by atoms with Crippen LogP contribution in [0.3, 0.4) is 0 Å². The Balaban J connectivity index is 0. The van der Waals surface area contributed by atoms with Gasteiger partial charge in [-0.2, -0.15) is 0 Å². The zero-order valence-electron chi connectivity index (χ0n) is 6.29. The number of halogens is 3. The van der Waals surface area contributed by atoms with E-state index in [4.69, 9.17) is 34.8 Å². The standard InChI is InChI=1S/C6H10.CHCl3/c1-4-5-6(2)3;2-1(3)4/h6H,1-3H3;1H. The van der Waals surface area contributed by atoms with E-state index in [0.29, 0.717) is 5.92 Å². The highest BCUT2D eigenvalue weighted by Gasteiger charge is 1.79. The molecule has 0 N–H and O–H groups in total. The van der Waals surface area contributed by atoms with E-state index in [1.54, 1.807) is 0 Å². The van der Waals surface area contributed by atoms with Crippen LogP contribution in [0.15, 0.2) is 0 Å². The van der Waals surface area contributed by atoms with Gasteiger partial charge in [-0.25, -0.2) is 0 Å². The zero-order valence-corrected chi connectivity index (χ0v) is 8.56. The molecule has 0 nitrogen and oxygen atoms in total. The average molecular weight is 202 g/mol. The van der Waals surface area contributed by atoms with Gasteiger partial charge >= 0.3 is 0 Å². The summed E-state index contributed by atoms with van der Waals surface area (Å²) in [7, 11) is 0.